The topological polar surface area (TPSA) is 41.8 Å². The molecule has 1 rings (SSSR count). The Morgan fingerprint density at radius 3 is 2.38 bits per heavy atom. The van der Waals surface area contributed by atoms with Gasteiger partial charge in [0, 0.05) is 13.2 Å². The van der Waals surface area contributed by atoms with E-state index in [4.69, 9.17) is 9.94 Å². The fourth-order valence-electron chi connectivity index (χ4n) is 0.991. The maximum Gasteiger partial charge on any atom is 0.0792 e. The summed E-state index contributed by atoms with van der Waals surface area (Å²) < 4.78 is 4.83. The molecule has 0 aromatic rings. The fraction of sp³-hybridized carbons (Fsp3) is 0.700. The van der Waals surface area contributed by atoms with Crippen molar-refractivity contribution >= 4 is 5.71 Å². The largest absolute Gasteiger partial charge is 0.411 e. The van der Waals surface area contributed by atoms with E-state index in [2.05, 4.69) is 5.16 Å². The molecule has 0 unspecified atom stereocenters. The number of nitrogens with zero attached hydrogens (tertiary/aromatic N) is 1. The SMILES string of the molecule is CCOCC.O/N=C1/C=CCCC1. The molecule has 0 saturated heterocycles. The number of rotatable bonds is 2. The van der Waals surface area contributed by atoms with Gasteiger partial charge < -0.3 is 9.94 Å². The average molecular weight is 185 g/mol. The van der Waals surface area contributed by atoms with Crippen LogP contribution >= 0.6 is 0 Å². The molecule has 0 saturated carbocycles. The van der Waals surface area contributed by atoms with Gasteiger partial charge in [-0.15, -0.1) is 0 Å². The van der Waals surface area contributed by atoms with Gasteiger partial charge in [0.2, 0.25) is 0 Å². The second-order valence-electron chi connectivity index (χ2n) is 2.67. The van der Waals surface area contributed by atoms with Crippen LogP contribution in [0, 0.1) is 0 Å². The first-order chi connectivity index (χ1) is 6.35. The normalized spacial score (nSPS) is 18.2. The molecule has 3 heteroatoms. The number of allylic oxidation sites excluding steroid dienone is 2. The van der Waals surface area contributed by atoms with Crippen LogP contribution in [0.15, 0.2) is 17.3 Å². The highest BCUT2D eigenvalue weighted by atomic mass is 16.5. The van der Waals surface area contributed by atoms with Gasteiger partial charge in [-0.05, 0) is 39.2 Å². The minimum Gasteiger partial charge on any atom is -0.411 e. The van der Waals surface area contributed by atoms with Crippen molar-refractivity contribution in [3.05, 3.63) is 12.2 Å². The molecule has 76 valence electrons. The van der Waals surface area contributed by atoms with Gasteiger partial charge in [-0.3, -0.25) is 0 Å². The van der Waals surface area contributed by atoms with Gasteiger partial charge in [0.1, 0.15) is 0 Å². The van der Waals surface area contributed by atoms with Crippen LogP contribution in [0.4, 0.5) is 0 Å². The van der Waals surface area contributed by atoms with Gasteiger partial charge in [-0.25, -0.2) is 0 Å². The standard InChI is InChI=1S/C6H9NO.C4H10O/c8-7-6-4-2-1-3-5-6;1-3-5-4-2/h2,4,8H,1,3,5H2;3-4H2,1-2H3/b7-6-;. The maximum absolute atomic E-state index is 8.23. The van der Waals surface area contributed by atoms with Gasteiger partial charge in [0.25, 0.3) is 0 Å². The van der Waals surface area contributed by atoms with Gasteiger partial charge in [0.15, 0.2) is 0 Å². The third-order valence-corrected chi connectivity index (χ3v) is 1.65. The van der Waals surface area contributed by atoms with E-state index < -0.39 is 0 Å². The molecule has 1 aliphatic carbocycles. The second kappa shape index (κ2) is 9.26. The van der Waals surface area contributed by atoms with E-state index in [9.17, 15) is 0 Å². The molecule has 0 aliphatic heterocycles. The molecule has 0 atom stereocenters. The average Bonchev–Trinajstić information content (AvgIpc) is 2.21. The highest BCUT2D eigenvalue weighted by molar-refractivity contribution is 5.94. The van der Waals surface area contributed by atoms with Gasteiger partial charge in [-0.1, -0.05) is 11.2 Å². The Hall–Kier alpha value is -0.830. The summed E-state index contributed by atoms with van der Waals surface area (Å²) in [6, 6.07) is 0. The van der Waals surface area contributed by atoms with E-state index in [1.807, 2.05) is 26.0 Å². The van der Waals surface area contributed by atoms with E-state index in [1.54, 1.807) is 0 Å². The Morgan fingerprint density at radius 2 is 2.15 bits per heavy atom. The van der Waals surface area contributed by atoms with Gasteiger partial charge >= 0.3 is 0 Å². The van der Waals surface area contributed by atoms with Crippen LogP contribution in [0.1, 0.15) is 33.1 Å². The summed E-state index contributed by atoms with van der Waals surface area (Å²) in [7, 11) is 0. The predicted molar refractivity (Wildman–Crippen MR) is 54.4 cm³/mol. The summed E-state index contributed by atoms with van der Waals surface area (Å²) in [4.78, 5) is 0. The molecule has 1 N–H and O–H groups in total. The molecule has 0 fully saturated rings. The van der Waals surface area contributed by atoms with E-state index in [0.717, 1.165) is 38.2 Å². The first-order valence-electron chi connectivity index (χ1n) is 4.80. The van der Waals surface area contributed by atoms with E-state index in [1.165, 1.54) is 0 Å². The van der Waals surface area contributed by atoms with Crippen LogP contribution < -0.4 is 0 Å². The predicted octanol–water partition coefficient (Wildman–Crippen LogP) is 2.60. The van der Waals surface area contributed by atoms with Crippen molar-refractivity contribution in [2.45, 2.75) is 33.1 Å². The van der Waals surface area contributed by atoms with Crippen LogP contribution in [0.25, 0.3) is 0 Å². The molecule has 0 bridgehead atoms. The Labute approximate surface area is 80.1 Å². The highest BCUT2D eigenvalue weighted by Crippen LogP contribution is 2.06. The number of ether oxygens (including phenoxy) is 1. The van der Waals surface area contributed by atoms with Crippen LogP contribution in [0.5, 0.6) is 0 Å². The summed E-state index contributed by atoms with van der Waals surface area (Å²) >= 11 is 0. The molecule has 3 nitrogen and oxygen atoms in total. The van der Waals surface area contributed by atoms with Crippen molar-refractivity contribution in [2.24, 2.45) is 5.16 Å². The smallest absolute Gasteiger partial charge is 0.0792 e. The number of oxime groups is 1. The molecule has 0 heterocycles. The molecule has 13 heavy (non-hydrogen) atoms. The second-order valence-corrected chi connectivity index (χ2v) is 2.67. The molecule has 0 aromatic heterocycles. The Bertz CT molecular complexity index is 162. The van der Waals surface area contributed by atoms with Crippen LogP contribution in [-0.2, 0) is 4.74 Å². The molecular weight excluding hydrogens is 166 g/mol. The van der Waals surface area contributed by atoms with Crippen molar-refractivity contribution in [2.75, 3.05) is 13.2 Å². The zero-order valence-corrected chi connectivity index (χ0v) is 8.49. The van der Waals surface area contributed by atoms with E-state index >= 15 is 0 Å². The Morgan fingerprint density at radius 1 is 1.46 bits per heavy atom. The zero-order chi connectivity index (χ0) is 9.94. The first-order valence-corrected chi connectivity index (χ1v) is 4.80. The van der Waals surface area contributed by atoms with Crippen molar-refractivity contribution in [1.29, 1.82) is 0 Å². The van der Waals surface area contributed by atoms with Crippen LogP contribution in [0.3, 0.4) is 0 Å². The fourth-order valence-corrected chi connectivity index (χ4v) is 0.991. The summed E-state index contributed by atoms with van der Waals surface area (Å²) in [5.41, 5.74) is 0.802. The lowest BCUT2D eigenvalue weighted by Gasteiger charge is -2.01. The summed E-state index contributed by atoms with van der Waals surface area (Å²) in [6.07, 6.45) is 7.06. The van der Waals surface area contributed by atoms with Crippen LogP contribution in [-0.4, -0.2) is 24.1 Å². The maximum atomic E-state index is 8.23. The molecular formula is C10H19NO2. The molecule has 0 amide bonds. The Balaban J connectivity index is 0.000000252. The lowest BCUT2D eigenvalue weighted by atomic mass is 10.1. The van der Waals surface area contributed by atoms with Gasteiger partial charge in [-0.2, -0.15) is 0 Å². The van der Waals surface area contributed by atoms with Crippen molar-refractivity contribution < 1.29 is 9.94 Å². The number of hydrogen-bond donors (Lipinski definition) is 1. The molecule has 0 spiro atoms. The van der Waals surface area contributed by atoms with E-state index in [0.29, 0.717) is 0 Å². The van der Waals surface area contributed by atoms with Crippen molar-refractivity contribution in [3.63, 3.8) is 0 Å². The molecule has 0 radical (unpaired) electrons. The van der Waals surface area contributed by atoms with Crippen molar-refractivity contribution in [1.82, 2.24) is 0 Å². The lowest BCUT2D eigenvalue weighted by Crippen LogP contribution is -1.97. The minimum absolute atomic E-state index is 0.802. The summed E-state index contributed by atoms with van der Waals surface area (Å²) in [5.74, 6) is 0. The first kappa shape index (κ1) is 12.2. The zero-order valence-electron chi connectivity index (χ0n) is 8.49. The summed E-state index contributed by atoms with van der Waals surface area (Å²) in [6.45, 7) is 5.67. The van der Waals surface area contributed by atoms with Crippen LogP contribution in [0.2, 0.25) is 0 Å². The monoisotopic (exact) mass is 185 g/mol. The molecule has 1 aliphatic rings. The third-order valence-electron chi connectivity index (χ3n) is 1.65. The highest BCUT2D eigenvalue weighted by Gasteiger charge is 1.98. The third kappa shape index (κ3) is 7.53. The summed E-state index contributed by atoms with van der Waals surface area (Å²) in [5, 5.41) is 11.3. The lowest BCUT2D eigenvalue weighted by molar-refractivity contribution is 0.162. The van der Waals surface area contributed by atoms with Crippen molar-refractivity contribution in [3.8, 4) is 0 Å². The van der Waals surface area contributed by atoms with Gasteiger partial charge in [0.05, 0.1) is 5.71 Å². The Kier molecular flexibility index (Phi) is 8.67. The minimum atomic E-state index is 0.802. The molecule has 0 aromatic carbocycles. The van der Waals surface area contributed by atoms with E-state index in [-0.39, 0.29) is 0 Å². The quantitative estimate of drug-likeness (QED) is 0.530. The number of hydrogen-bond acceptors (Lipinski definition) is 3.